The fourth-order valence-electron chi connectivity index (χ4n) is 10.6. The maximum Gasteiger partial charge on any atom is 0.311 e. The molecule has 3 saturated heterocycles. The minimum Gasteiger partial charge on any atom is -0.459 e. The van der Waals surface area contributed by atoms with Crippen LogP contribution in [0, 0.1) is 46.8 Å². The second-order valence-electron chi connectivity index (χ2n) is 20.5. The molecule has 348 valence electrons. The summed E-state index contributed by atoms with van der Waals surface area (Å²) in [5, 5.41) is 25.1. The van der Waals surface area contributed by atoms with Gasteiger partial charge in [0, 0.05) is 48.5 Å². The van der Waals surface area contributed by atoms with E-state index in [2.05, 4.69) is 86.4 Å². The van der Waals surface area contributed by atoms with E-state index in [4.69, 9.17) is 33.4 Å². The predicted octanol–water partition coefficient (Wildman–Crippen LogP) is 9.45. The van der Waals surface area contributed by atoms with Gasteiger partial charge in [-0.05, 0) is 94.7 Å². The van der Waals surface area contributed by atoms with Crippen LogP contribution in [0.5, 0.6) is 0 Å². The van der Waals surface area contributed by atoms with Crippen LogP contribution in [0.2, 0.25) is 0 Å². The number of aromatic nitrogens is 1. The van der Waals surface area contributed by atoms with E-state index in [0.29, 0.717) is 24.5 Å². The molecule has 11 heteroatoms. The molecule has 11 nitrogen and oxygen atoms in total. The molecule has 0 spiro atoms. The van der Waals surface area contributed by atoms with Gasteiger partial charge in [-0.3, -0.25) is 14.8 Å². The van der Waals surface area contributed by atoms with E-state index in [0.717, 1.165) is 22.9 Å². The topological polar surface area (TPSA) is 138 Å². The van der Waals surface area contributed by atoms with Crippen molar-refractivity contribution in [3.05, 3.63) is 48.2 Å². The molecule has 5 rings (SSSR count). The van der Waals surface area contributed by atoms with Crippen molar-refractivity contribution >= 4 is 28.7 Å². The van der Waals surface area contributed by atoms with Crippen LogP contribution in [0.1, 0.15) is 128 Å². The molecule has 0 amide bonds. The number of para-hydroxylation sites is 1. The third-order valence-corrected chi connectivity index (χ3v) is 15.2. The highest BCUT2D eigenvalue weighted by atomic mass is 16.7. The molecular weight excluding hydrogens is 785 g/mol. The zero-order chi connectivity index (χ0) is 45.9. The van der Waals surface area contributed by atoms with Gasteiger partial charge < -0.3 is 38.6 Å². The lowest BCUT2D eigenvalue weighted by molar-refractivity contribution is -0.304. The van der Waals surface area contributed by atoms with E-state index < -0.39 is 71.9 Å². The van der Waals surface area contributed by atoms with E-state index in [1.165, 1.54) is 0 Å². The first-order valence-electron chi connectivity index (χ1n) is 23.4. The van der Waals surface area contributed by atoms with Crippen LogP contribution in [0.4, 0.5) is 0 Å². The van der Waals surface area contributed by atoms with Crippen molar-refractivity contribution in [3.8, 4) is 0 Å². The largest absolute Gasteiger partial charge is 0.459 e. The number of rotatable bonds is 9. The van der Waals surface area contributed by atoms with Crippen LogP contribution in [-0.4, -0.2) is 101 Å². The molecule has 2 aromatic rings. The Morgan fingerprint density at radius 1 is 0.935 bits per heavy atom. The van der Waals surface area contributed by atoms with Gasteiger partial charge in [0.2, 0.25) is 0 Å². The van der Waals surface area contributed by atoms with Crippen LogP contribution in [0.15, 0.2) is 47.6 Å². The predicted molar refractivity (Wildman–Crippen MR) is 245 cm³/mol. The molecule has 17 atom stereocenters. The van der Waals surface area contributed by atoms with Gasteiger partial charge in [0.1, 0.15) is 11.7 Å². The highest BCUT2D eigenvalue weighted by Crippen LogP contribution is 2.45. The molecule has 0 saturated carbocycles. The smallest absolute Gasteiger partial charge is 0.311 e. The normalized spacial score (nSPS) is 42.2. The molecule has 0 unspecified atom stereocenters. The zero-order valence-electron chi connectivity index (χ0n) is 40.5. The van der Waals surface area contributed by atoms with Gasteiger partial charge in [-0.1, -0.05) is 92.7 Å². The lowest BCUT2D eigenvalue weighted by atomic mass is 9.72. The third-order valence-electron chi connectivity index (χ3n) is 15.2. The summed E-state index contributed by atoms with van der Waals surface area (Å²) in [5.74, 6) is -2.01. The van der Waals surface area contributed by atoms with Crippen LogP contribution in [0.25, 0.3) is 17.0 Å². The highest BCUT2D eigenvalue weighted by molar-refractivity contribution is 5.89. The summed E-state index contributed by atoms with van der Waals surface area (Å²) in [6.07, 6.45) is 3.06. The van der Waals surface area contributed by atoms with Gasteiger partial charge in [-0.2, -0.15) is 0 Å². The molecule has 4 heterocycles. The summed E-state index contributed by atoms with van der Waals surface area (Å²) in [7, 11) is 1.72. The standard InChI is InChI=1S/C51H80N2O9/c1-16-41-51(14,56)45(54)33(6)43(52-15)30(3)26-50(13,57-23-19-20-38-25-39-21-17-18-22-40(39)53-28-38)46(62-48-32(5)29(2)24-31(4)58-48)34(7)44(35(8)47(55)60-41)61-42-27-49(11,12)36(9)37(10)59-42/h17-22,25,28-37,41-42,44-46,48,54,56H,16,23-24,26-27H2,1-15H3/b20-19+,52-43?/t29-,30+,31+,32+,33-,34-,35+,36-,37-,41+,42-,44-,45+,46+,48-,50-,51+/m0/s1. The van der Waals surface area contributed by atoms with Crippen molar-refractivity contribution in [3.63, 3.8) is 0 Å². The molecule has 3 aliphatic rings. The number of carbonyl (C=O) groups is 1. The van der Waals surface area contributed by atoms with Crippen LogP contribution in [-0.2, 0) is 33.2 Å². The Morgan fingerprint density at radius 2 is 1.63 bits per heavy atom. The minimum atomic E-state index is -1.79. The van der Waals surface area contributed by atoms with Gasteiger partial charge in [0.15, 0.2) is 12.6 Å². The third kappa shape index (κ3) is 11.2. The van der Waals surface area contributed by atoms with Crippen LogP contribution in [0.3, 0.4) is 0 Å². The van der Waals surface area contributed by atoms with Crippen LogP contribution < -0.4 is 0 Å². The Balaban J connectivity index is 1.65. The lowest BCUT2D eigenvalue weighted by Gasteiger charge is -2.50. The minimum absolute atomic E-state index is 0.0214. The molecule has 2 N–H and O–H groups in total. The number of pyridine rings is 1. The fraction of sp³-hybridized carbons (Fsp3) is 0.745. The number of hydrogen-bond acceptors (Lipinski definition) is 11. The van der Waals surface area contributed by atoms with Gasteiger partial charge in [0.05, 0.1) is 54.2 Å². The summed E-state index contributed by atoms with van der Waals surface area (Å²) >= 11 is 0. The number of aliphatic hydroxyl groups is 2. The lowest BCUT2D eigenvalue weighted by Crippen LogP contribution is -2.59. The van der Waals surface area contributed by atoms with Crippen molar-refractivity contribution in [2.45, 2.75) is 183 Å². The van der Waals surface area contributed by atoms with E-state index in [-0.39, 0.29) is 48.4 Å². The number of cyclic esters (lactones) is 1. The second kappa shape index (κ2) is 20.6. The monoisotopic (exact) mass is 865 g/mol. The number of esters is 1. The molecule has 1 aromatic heterocycles. The molecule has 3 aliphatic heterocycles. The molecule has 62 heavy (non-hydrogen) atoms. The van der Waals surface area contributed by atoms with Gasteiger partial charge in [-0.15, -0.1) is 0 Å². The summed E-state index contributed by atoms with van der Waals surface area (Å²) in [6.45, 7) is 28.8. The number of benzene rings is 1. The summed E-state index contributed by atoms with van der Waals surface area (Å²) in [4.78, 5) is 24.0. The Labute approximate surface area is 372 Å². The Hall–Kier alpha value is -2.77. The van der Waals surface area contributed by atoms with E-state index in [1.54, 1.807) is 14.0 Å². The van der Waals surface area contributed by atoms with Gasteiger partial charge >= 0.3 is 5.97 Å². The Bertz CT molecular complexity index is 1850. The first-order valence-corrected chi connectivity index (χ1v) is 23.4. The quantitative estimate of drug-likeness (QED) is 0.235. The first kappa shape index (κ1) is 50.2. The average Bonchev–Trinajstić information content (AvgIpc) is 3.21. The first-order chi connectivity index (χ1) is 29.0. The van der Waals surface area contributed by atoms with E-state index >= 15 is 0 Å². The molecule has 0 radical (unpaired) electrons. The van der Waals surface area contributed by atoms with Gasteiger partial charge in [0.25, 0.3) is 0 Å². The Kier molecular flexibility index (Phi) is 16.7. The molecule has 0 bridgehead atoms. The molecular formula is C51H80N2O9. The van der Waals surface area contributed by atoms with Crippen LogP contribution >= 0.6 is 0 Å². The number of nitrogens with zero attached hydrogens (tertiary/aromatic N) is 2. The number of fused-ring (bicyclic) bond motifs is 1. The average molecular weight is 865 g/mol. The maximum absolute atomic E-state index is 14.6. The SMILES string of the molecule is CC[C@H]1OC(=O)[C@H](C)[C@@H](O[C@H]2CC(C)(C)[C@@H](C)[C@H](C)O2)[C@H](C)[C@@H](O[C@@H]2O[C@H](C)C[C@H](C)[C@H]2C)[C@@](C)(OC/C=C/c2cnc3ccccc3c2)C[C@@H](C)C(=NC)[C@H](C)[C@@H](O)[C@]1(C)O. The van der Waals surface area contributed by atoms with Crippen molar-refractivity contribution in [2.24, 2.45) is 51.8 Å². The number of carbonyl (C=O) groups excluding carboxylic acids is 1. The van der Waals surface area contributed by atoms with Gasteiger partial charge in [-0.25, -0.2) is 0 Å². The zero-order valence-corrected chi connectivity index (χ0v) is 40.5. The highest BCUT2D eigenvalue weighted by Gasteiger charge is 2.53. The van der Waals surface area contributed by atoms with Crippen molar-refractivity contribution in [1.29, 1.82) is 0 Å². The van der Waals surface area contributed by atoms with Crippen molar-refractivity contribution < 1.29 is 43.4 Å². The van der Waals surface area contributed by atoms with E-state index in [1.807, 2.05) is 57.3 Å². The van der Waals surface area contributed by atoms with Crippen molar-refractivity contribution in [1.82, 2.24) is 4.98 Å². The second-order valence-corrected chi connectivity index (χ2v) is 20.5. The maximum atomic E-state index is 14.6. The summed E-state index contributed by atoms with van der Waals surface area (Å²) < 4.78 is 41.1. The number of aliphatic hydroxyl groups excluding tert-OH is 1. The fourth-order valence-corrected chi connectivity index (χ4v) is 10.6. The number of hydrogen-bond donors (Lipinski definition) is 2. The molecule has 3 fully saturated rings. The Morgan fingerprint density at radius 3 is 2.29 bits per heavy atom. The number of aliphatic imine (C=N–C) groups is 1. The molecule has 0 aliphatic carbocycles. The summed E-state index contributed by atoms with van der Waals surface area (Å²) in [6, 6.07) is 10.1. The number of ether oxygens (including phenoxy) is 6. The molecule has 1 aromatic carbocycles. The summed E-state index contributed by atoms with van der Waals surface area (Å²) in [5.41, 5.74) is -0.342. The van der Waals surface area contributed by atoms with Crippen molar-refractivity contribution in [2.75, 3.05) is 13.7 Å². The van der Waals surface area contributed by atoms with E-state index in [9.17, 15) is 15.0 Å².